The molecule has 0 spiro atoms. The molecule has 5 heteroatoms. The van der Waals surface area contributed by atoms with E-state index in [1.54, 1.807) is 11.0 Å². The number of aliphatic hydroxyl groups excluding tert-OH is 1. The van der Waals surface area contributed by atoms with Crippen LogP contribution in [0.2, 0.25) is 0 Å². The van der Waals surface area contributed by atoms with E-state index < -0.39 is 17.7 Å². The highest BCUT2D eigenvalue weighted by molar-refractivity contribution is 6.46. The van der Waals surface area contributed by atoms with Crippen LogP contribution in [0.3, 0.4) is 0 Å². The molecule has 170 valence electrons. The Hall–Kier alpha value is -2.92. The van der Waals surface area contributed by atoms with Gasteiger partial charge in [-0.25, -0.2) is 0 Å². The number of carbonyl (C=O) groups excluding carboxylic acids is 2. The Morgan fingerprint density at radius 1 is 1.03 bits per heavy atom. The number of hydrogen-bond acceptors (Lipinski definition) is 4. The van der Waals surface area contributed by atoms with E-state index in [0.29, 0.717) is 18.0 Å². The van der Waals surface area contributed by atoms with Gasteiger partial charge in [0.15, 0.2) is 0 Å². The van der Waals surface area contributed by atoms with E-state index in [1.165, 1.54) is 5.56 Å². The molecule has 1 N–H and O–H groups in total. The van der Waals surface area contributed by atoms with Crippen molar-refractivity contribution in [1.82, 2.24) is 9.80 Å². The molecule has 1 heterocycles. The van der Waals surface area contributed by atoms with Crippen molar-refractivity contribution in [3.63, 3.8) is 0 Å². The highest BCUT2D eigenvalue weighted by atomic mass is 16.3. The van der Waals surface area contributed by atoms with Crippen LogP contribution in [0, 0.1) is 13.8 Å². The van der Waals surface area contributed by atoms with E-state index in [4.69, 9.17) is 0 Å². The molecular weight excluding hydrogens is 400 g/mol. The predicted octanol–water partition coefficient (Wildman–Crippen LogP) is 4.80. The van der Waals surface area contributed by atoms with Gasteiger partial charge in [-0.05, 0) is 75.1 Å². The van der Waals surface area contributed by atoms with Crippen LogP contribution in [0.1, 0.15) is 60.0 Å². The summed E-state index contributed by atoms with van der Waals surface area (Å²) in [5.74, 6) is -0.902. The van der Waals surface area contributed by atoms with Gasteiger partial charge in [0.1, 0.15) is 5.76 Å². The SMILES string of the molecule is Cc1ccc(/C(O)=C2/C(=O)C(=O)N(CCCN(C)C)C2c2ccc(C(C)C)cc2)cc1C. The molecule has 1 fully saturated rings. The topological polar surface area (TPSA) is 60.9 Å². The first-order valence-corrected chi connectivity index (χ1v) is 11.2. The number of nitrogens with zero attached hydrogens (tertiary/aromatic N) is 2. The zero-order valence-corrected chi connectivity index (χ0v) is 20.0. The summed E-state index contributed by atoms with van der Waals surface area (Å²) >= 11 is 0. The minimum atomic E-state index is -0.622. The van der Waals surface area contributed by atoms with Crippen LogP contribution in [0.25, 0.3) is 5.76 Å². The molecule has 0 radical (unpaired) electrons. The first-order valence-electron chi connectivity index (χ1n) is 11.2. The number of aryl methyl sites for hydroxylation is 2. The van der Waals surface area contributed by atoms with Crippen LogP contribution in [-0.2, 0) is 9.59 Å². The summed E-state index contributed by atoms with van der Waals surface area (Å²) in [5.41, 5.74) is 4.87. The minimum absolute atomic E-state index is 0.112. The zero-order chi connectivity index (χ0) is 23.6. The monoisotopic (exact) mass is 434 g/mol. The molecule has 0 bridgehead atoms. The lowest BCUT2D eigenvalue weighted by atomic mass is 9.92. The second-order valence-electron chi connectivity index (χ2n) is 9.27. The lowest BCUT2D eigenvalue weighted by Crippen LogP contribution is -2.32. The third-order valence-electron chi connectivity index (χ3n) is 6.24. The number of rotatable bonds is 7. The van der Waals surface area contributed by atoms with Gasteiger partial charge in [-0.2, -0.15) is 0 Å². The summed E-state index contributed by atoms with van der Waals surface area (Å²) < 4.78 is 0. The maximum atomic E-state index is 13.1. The Bertz CT molecular complexity index is 1040. The third kappa shape index (κ3) is 4.78. The van der Waals surface area contributed by atoms with Gasteiger partial charge in [0.2, 0.25) is 0 Å². The Morgan fingerprint density at radius 2 is 1.69 bits per heavy atom. The van der Waals surface area contributed by atoms with Gasteiger partial charge in [0, 0.05) is 12.1 Å². The highest BCUT2D eigenvalue weighted by Gasteiger charge is 2.45. The van der Waals surface area contributed by atoms with Crippen molar-refractivity contribution in [1.29, 1.82) is 0 Å². The lowest BCUT2D eigenvalue weighted by molar-refractivity contribution is -0.139. The smallest absolute Gasteiger partial charge is 0.295 e. The van der Waals surface area contributed by atoms with Crippen molar-refractivity contribution < 1.29 is 14.7 Å². The van der Waals surface area contributed by atoms with Crippen LogP contribution in [0.15, 0.2) is 48.0 Å². The second kappa shape index (κ2) is 9.70. The second-order valence-corrected chi connectivity index (χ2v) is 9.27. The number of likely N-dealkylation sites (tertiary alicyclic amines) is 1. The summed E-state index contributed by atoms with van der Waals surface area (Å²) in [5, 5.41) is 11.2. The summed E-state index contributed by atoms with van der Waals surface area (Å²) in [7, 11) is 3.96. The zero-order valence-electron chi connectivity index (χ0n) is 20.0. The summed E-state index contributed by atoms with van der Waals surface area (Å²) in [6.45, 7) is 9.47. The molecule has 1 atom stereocenters. The largest absolute Gasteiger partial charge is 0.507 e. The fourth-order valence-corrected chi connectivity index (χ4v) is 4.12. The number of aliphatic hydroxyl groups is 1. The molecule has 1 unspecified atom stereocenters. The lowest BCUT2D eigenvalue weighted by Gasteiger charge is -2.26. The van der Waals surface area contributed by atoms with E-state index >= 15 is 0 Å². The van der Waals surface area contributed by atoms with Crippen LogP contribution in [0.4, 0.5) is 0 Å². The van der Waals surface area contributed by atoms with E-state index in [-0.39, 0.29) is 11.3 Å². The number of Topliss-reactive ketones (excluding diaryl/α,β-unsaturated/α-hetero) is 1. The van der Waals surface area contributed by atoms with E-state index in [2.05, 4.69) is 18.7 Å². The highest BCUT2D eigenvalue weighted by Crippen LogP contribution is 2.40. The van der Waals surface area contributed by atoms with Crippen molar-refractivity contribution in [2.75, 3.05) is 27.2 Å². The standard InChI is InChI=1S/C27H34N2O3/c1-17(2)20-10-12-21(13-11-20)24-23(25(30)22-9-8-18(3)19(4)16-22)26(31)27(32)29(24)15-7-14-28(5)6/h8-13,16-17,24,30H,7,14-15H2,1-6H3/b25-23-. The molecule has 0 aliphatic carbocycles. The van der Waals surface area contributed by atoms with Gasteiger partial charge in [-0.3, -0.25) is 9.59 Å². The van der Waals surface area contributed by atoms with Crippen molar-refractivity contribution in [3.05, 3.63) is 75.9 Å². The molecule has 2 aromatic carbocycles. The molecule has 1 aliphatic heterocycles. The van der Waals surface area contributed by atoms with E-state index in [0.717, 1.165) is 29.7 Å². The average molecular weight is 435 g/mol. The van der Waals surface area contributed by atoms with Crippen LogP contribution in [0.5, 0.6) is 0 Å². The van der Waals surface area contributed by atoms with Crippen LogP contribution < -0.4 is 0 Å². The molecule has 5 nitrogen and oxygen atoms in total. The summed E-state index contributed by atoms with van der Waals surface area (Å²) in [4.78, 5) is 29.8. The fourth-order valence-electron chi connectivity index (χ4n) is 4.12. The summed E-state index contributed by atoms with van der Waals surface area (Å²) in [6.07, 6.45) is 0.740. The Balaban J connectivity index is 2.10. The van der Waals surface area contributed by atoms with E-state index in [9.17, 15) is 14.7 Å². The van der Waals surface area contributed by atoms with Gasteiger partial charge in [-0.1, -0.05) is 50.2 Å². The van der Waals surface area contributed by atoms with Crippen molar-refractivity contribution in [2.45, 2.75) is 46.1 Å². The quantitative estimate of drug-likeness (QED) is 0.386. The van der Waals surface area contributed by atoms with Gasteiger partial charge < -0.3 is 14.9 Å². The van der Waals surface area contributed by atoms with Crippen molar-refractivity contribution >= 4 is 17.4 Å². The first-order chi connectivity index (χ1) is 15.1. The molecule has 32 heavy (non-hydrogen) atoms. The van der Waals surface area contributed by atoms with Gasteiger partial charge in [0.25, 0.3) is 11.7 Å². The normalized spacial score (nSPS) is 18.2. The number of carbonyl (C=O) groups is 2. The molecule has 2 aromatic rings. The molecule has 3 rings (SSSR count). The number of amides is 1. The number of benzene rings is 2. The van der Waals surface area contributed by atoms with Crippen LogP contribution >= 0.6 is 0 Å². The number of hydrogen-bond donors (Lipinski definition) is 1. The predicted molar refractivity (Wildman–Crippen MR) is 129 cm³/mol. The van der Waals surface area contributed by atoms with Crippen molar-refractivity contribution in [2.24, 2.45) is 0 Å². The molecule has 1 saturated heterocycles. The Morgan fingerprint density at radius 3 is 2.25 bits per heavy atom. The first kappa shape index (κ1) is 23.7. The van der Waals surface area contributed by atoms with Gasteiger partial charge in [-0.15, -0.1) is 0 Å². The average Bonchev–Trinajstić information content (AvgIpc) is 3.00. The van der Waals surface area contributed by atoms with E-state index in [1.807, 2.05) is 64.3 Å². The Kier molecular flexibility index (Phi) is 7.19. The molecule has 0 aromatic heterocycles. The fraction of sp³-hybridized carbons (Fsp3) is 0.407. The Labute approximate surface area is 191 Å². The molecule has 1 aliphatic rings. The molecular formula is C27H34N2O3. The van der Waals surface area contributed by atoms with Crippen LogP contribution in [-0.4, -0.2) is 53.8 Å². The minimum Gasteiger partial charge on any atom is -0.507 e. The number of ketones is 1. The third-order valence-corrected chi connectivity index (χ3v) is 6.24. The molecule has 1 amide bonds. The maximum Gasteiger partial charge on any atom is 0.295 e. The van der Waals surface area contributed by atoms with Crippen molar-refractivity contribution in [3.8, 4) is 0 Å². The maximum absolute atomic E-state index is 13.1. The van der Waals surface area contributed by atoms with Gasteiger partial charge >= 0.3 is 0 Å². The van der Waals surface area contributed by atoms with Gasteiger partial charge in [0.05, 0.1) is 11.6 Å². The summed E-state index contributed by atoms with van der Waals surface area (Å²) in [6, 6.07) is 13.0. The molecule has 0 saturated carbocycles.